The Balaban J connectivity index is 2.15. The zero-order valence-electron chi connectivity index (χ0n) is 10.9. The molecule has 1 aromatic rings. The maximum absolute atomic E-state index is 10.9. The molecule has 0 spiro atoms. The fraction of sp³-hybridized carbons (Fsp3) is 0.500. The SMILES string of the molecule is Cc1ccc([NH+]([O-])O)cc1N[C@@H]1OC[C@@H](O)[C@@H](O)[C@H]1O. The van der Waals surface area contributed by atoms with Gasteiger partial charge in [0.15, 0.2) is 11.9 Å². The lowest BCUT2D eigenvalue weighted by molar-refractivity contribution is -0.991. The molecule has 112 valence electrons. The summed E-state index contributed by atoms with van der Waals surface area (Å²) in [6.45, 7) is 1.65. The largest absolute Gasteiger partial charge is 0.595 e. The van der Waals surface area contributed by atoms with E-state index < -0.39 is 29.8 Å². The lowest BCUT2D eigenvalue weighted by Crippen LogP contribution is -2.99. The van der Waals surface area contributed by atoms with Crippen LogP contribution in [0.2, 0.25) is 0 Å². The van der Waals surface area contributed by atoms with E-state index in [2.05, 4.69) is 5.32 Å². The van der Waals surface area contributed by atoms with E-state index >= 15 is 0 Å². The summed E-state index contributed by atoms with van der Waals surface area (Å²) >= 11 is 0. The minimum absolute atomic E-state index is 0.101. The molecule has 1 fully saturated rings. The summed E-state index contributed by atoms with van der Waals surface area (Å²) in [7, 11) is 0. The summed E-state index contributed by atoms with van der Waals surface area (Å²) in [4.78, 5) is 0. The zero-order valence-corrected chi connectivity index (χ0v) is 10.9. The summed E-state index contributed by atoms with van der Waals surface area (Å²) in [5, 5.41) is 50.4. The van der Waals surface area contributed by atoms with Crippen LogP contribution in [0, 0.1) is 12.1 Å². The third-order valence-corrected chi connectivity index (χ3v) is 3.28. The van der Waals surface area contributed by atoms with Gasteiger partial charge in [-0.2, -0.15) is 5.23 Å². The number of benzene rings is 1. The minimum Gasteiger partial charge on any atom is -0.595 e. The van der Waals surface area contributed by atoms with Gasteiger partial charge in [-0.15, -0.1) is 0 Å². The van der Waals surface area contributed by atoms with Crippen molar-refractivity contribution in [1.29, 1.82) is 0 Å². The van der Waals surface area contributed by atoms with E-state index in [1.165, 1.54) is 12.1 Å². The number of hydrogen-bond acceptors (Lipinski definition) is 7. The van der Waals surface area contributed by atoms with Gasteiger partial charge in [-0.25, -0.2) is 5.21 Å². The summed E-state index contributed by atoms with van der Waals surface area (Å²) in [6, 6.07) is 4.52. The molecule has 20 heavy (non-hydrogen) atoms. The highest BCUT2D eigenvalue weighted by atomic mass is 16.8. The number of aliphatic hydroxyl groups excluding tert-OH is 3. The average molecular weight is 286 g/mol. The van der Waals surface area contributed by atoms with Crippen molar-refractivity contribution in [2.24, 2.45) is 0 Å². The van der Waals surface area contributed by atoms with E-state index in [9.17, 15) is 20.5 Å². The van der Waals surface area contributed by atoms with E-state index in [1.807, 2.05) is 0 Å². The monoisotopic (exact) mass is 286 g/mol. The highest BCUT2D eigenvalue weighted by Gasteiger charge is 2.37. The topological polar surface area (TPSA) is 130 Å². The lowest BCUT2D eigenvalue weighted by Gasteiger charge is -2.36. The quantitative estimate of drug-likeness (QED) is 0.363. The van der Waals surface area contributed by atoms with Crippen molar-refractivity contribution < 1.29 is 30.5 Å². The van der Waals surface area contributed by atoms with Gasteiger partial charge in [0.2, 0.25) is 0 Å². The van der Waals surface area contributed by atoms with Gasteiger partial charge in [-0.3, -0.25) is 0 Å². The molecule has 2 rings (SSSR count). The number of anilines is 1. The van der Waals surface area contributed by atoms with Crippen LogP contribution in [0.4, 0.5) is 11.4 Å². The smallest absolute Gasteiger partial charge is 0.165 e. The number of quaternary nitrogens is 1. The predicted molar refractivity (Wildman–Crippen MR) is 68.3 cm³/mol. The van der Waals surface area contributed by atoms with Crippen LogP contribution in [0.1, 0.15) is 5.56 Å². The van der Waals surface area contributed by atoms with Crippen LogP contribution in [0.15, 0.2) is 18.2 Å². The van der Waals surface area contributed by atoms with Gasteiger partial charge in [-0.05, 0) is 12.5 Å². The number of nitrogens with one attached hydrogen (secondary N) is 2. The molecule has 8 nitrogen and oxygen atoms in total. The van der Waals surface area contributed by atoms with Crippen LogP contribution in [-0.2, 0) is 4.74 Å². The Bertz CT molecular complexity index is 469. The third kappa shape index (κ3) is 3.07. The lowest BCUT2D eigenvalue weighted by atomic mass is 10.0. The first kappa shape index (κ1) is 15.1. The van der Waals surface area contributed by atoms with Crippen LogP contribution in [-0.4, -0.2) is 51.7 Å². The van der Waals surface area contributed by atoms with Gasteiger partial charge in [0.05, 0.1) is 6.61 Å². The first-order valence-electron chi connectivity index (χ1n) is 6.16. The Morgan fingerprint density at radius 2 is 2.00 bits per heavy atom. The molecule has 1 unspecified atom stereocenters. The molecular weight excluding hydrogens is 268 g/mol. The summed E-state index contributed by atoms with van der Waals surface area (Å²) in [5.41, 5.74) is 1.35. The Morgan fingerprint density at radius 1 is 1.30 bits per heavy atom. The van der Waals surface area contributed by atoms with Gasteiger partial charge in [0.1, 0.15) is 18.3 Å². The number of ether oxygens (including phenoxy) is 1. The molecule has 0 aliphatic carbocycles. The molecule has 0 radical (unpaired) electrons. The zero-order chi connectivity index (χ0) is 14.9. The molecular formula is C12H18N2O6. The molecule has 1 saturated heterocycles. The number of aryl methyl sites for hydroxylation is 1. The fourth-order valence-corrected chi connectivity index (χ4v) is 2.00. The van der Waals surface area contributed by atoms with Crippen molar-refractivity contribution in [3.8, 4) is 0 Å². The van der Waals surface area contributed by atoms with Crippen molar-refractivity contribution in [2.45, 2.75) is 31.5 Å². The first-order chi connectivity index (χ1) is 9.40. The first-order valence-corrected chi connectivity index (χ1v) is 6.16. The molecule has 6 N–H and O–H groups in total. The number of aliphatic hydroxyl groups is 3. The van der Waals surface area contributed by atoms with E-state index in [1.54, 1.807) is 13.0 Å². The molecule has 0 aromatic heterocycles. The van der Waals surface area contributed by atoms with Crippen LogP contribution in [0.5, 0.6) is 0 Å². The highest BCUT2D eigenvalue weighted by molar-refractivity contribution is 5.57. The normalized spacial score (nSPS) is 31.9. The van der Waals surface area contributed by atoms with E-state index in [0.29, 0.717) is 5.69 Å². The Hall–Kier alpha value is -1.26. The fourth-order valence-electron chi connectivity index (χ4n) is 2.00. The molecule has 5 atom stereocenters. The van der Waals surface area contributed by atoms with Gasteiger partial charge in [-0.1, -0.05) is 6.07 Å². The van der Waals surface area contributed by atoms with Gasteiger partial charge < -0.3 is 30.6 Å². The van der Waals surface area contributed by atoms with Gasteiger partial charge in [0, 0.05) is 17.8 Å². The molecule has 1 aliphatic rings. The third-order valence-electron chi connectivity index (χ3n) is 3.28. The van der Waals surface area contributed by atoms with E-state index in [0.717, 1.165) is 5.56 Å². The standard InChI is InChI=1S/C12H18N2O6/c1-6-2-3-7(14(18)19)4-8(6)13-12-11(17)10(16)9(15)5-20-12/h2-4,9-18H,5H2,1H3/t9-,10-,11-,12-/m1/s1. The average Bonchev–Trinajstić information content (AvgIpc) is 2.41. The van der Waals surface area contributed by atoms with E-state index in [4.69, 9.17) is 9.94 Å². The number of rotatable bonds is 3. The molecule has 1 aromatic carbocycles. The molecule has 1 aliphatic heterocycles. The van der Waals surface area contributed by atoms with Gasteiger partial charge in [0.25, 0.3) is 0 Å². The predicted octanol–water partition coefficient (Wildman–Crippen LogP) is -1.75. The Morgan fingerprint density at radius 3 is 2.65 bits per heavy atom. The van der Waals surface area contributed by atoms with Crippen molar-refractivity contribution >= 4 is 11.4 Å². The molecule has 1 heterocycles. The van der Waals surface area contributed by atoms with Crippen molar-refractivity contribution in [2.75, 3.05) is 11.9 Å². The van der Waals surface area contributed by atoms with Crippen LogP contribution < -0.4 is 10.5 Å². The summed E-state index contributed by atoms with van der Waals surface area (Å²) in [6.07, 6.45) is -4.69. The number of hydrogen-bond donors (Lipinski definition) is 6. The summed E-state index contributed by atoms with van der Waals surface area (Å²) in [5.74, 6) is 0. The van der Waals surface area contributed by atoms with Crippen molar-refractivity contribution in [1.82, 2.24) is 0 Å². The van der Waals surface area contributed by atoms with Gasteiger partial charge >= 0.3 is 0 Å². The van der Waals surface area contributed by atoms with E-state index in [-0.39, 0.29) is 12.3 Å². The Kier molecular flexibility index (Phi) is 4.55. The molecule has 0 bridgehead atoms. The maximum atomic E-state index is 10.9. The highest BCUT2D eigenvalue weighted by Crippen LogP contribution is 2.23. The summed E-state index contributed by atoms with van der Waals surface area (Å²) < 4.78 is 5.21. The molecule has 8 heteroatoms. The second kappa shape index (κ2) is 6.02. The van der Waals surface area contributed by atoms with Crippen LogP contribution in [0.3, 0.4) is 0 Å². The maximum Gasteiger partial charge on any atom is 0.165 e. The van der Waals surface area contributed by atoms with Crippen LogP contribution >= 0.6 is 0 Å². The second-order valence-electron chi connectivity index (χ2n) is 4.78. The minimum atomic E-state index is -1.32. The second-order valence-corrected chi connectivity index (χ2v) is 4.78. The van der Waals surface area contributed by atoms with Crippen LogP contribution in [0.25, 0.3) is 0 Å². The van der Waals surface area contributed by atoms with Crippen molar-refractivity contribution in [3.63, 3.8) is 0 Å². The Labute approximate surface area is 115 Å². The molecule has 0 saturated carbocycles. The van der Waals surface area contributed by atoms with Crippen molar-refractivity contribution in [3.05, 3.63) is 29.0 Å². The molecule has 0 amide bonds.